The van der Waals surface area contributed by atoms with Crippen molar-refractivity contribution in [2.45, 2.75) is 32.2 Å². The van der Waals surface area contributed by atoms with E-state index in [0.29, 0.717) is 30.5 Å². The molecule has 1 aliphatic carbocycles. The van der Waals surface area contributed by atoms with E-state index in [1.807, 2.05) is 53.9 Å². The van der Waals surface area contributed by atoms with E-state index in [2.05, 4.69) is 15.6 Å². The van der Waals surface area contributed by atoms with Crippen LogP contribution in [0.15, 0.2) is 48.8 Å². The van der Waals surface area contributed by atoms with Gasteiger partial charge in [0.25, 0.3) is 11.8 Å². The lowest BCUT2D eigenvalue weighted by molar-refractivity contribution is -0.123. The summed E-state index contributed by atoms with van der Waals surface area (Å²) >= 11 is 0. The topological polar surface area (TPSA) is 84.7 Å². The molecular formula is C22H24N4O3. The molecule has 2 N–H and O–H groups in total. The Kier molecular flexibility index (Phi) is 5.46. The predicted molar refractivity (Wildman–Crippen MR) is 109 cm³/mol. The van der Waals surface area contributed by atoms with Crippen molar-refractivity contribution in [1.82, 2.24) is 20.0 Å². The second kappa shape index (κ2) is 8.34. The van der Waals surface area contributed by atoms with Gasteiger partial charge in [0.1, 0.15) is 17.1 Å². The van der Waals surface area contributed by atoms with E-state index in [9.17, 15) is 9.59 Å². The minimum Gasteiger partial charge on any atom is -0.484 e. The number of pyridine rings is 1. The Morgan fingerprint density at radius 3 is 2.76 bits per heavy atom. The summed E-state index contributed by atoms with van der Waals surface area (Å²) in [5.41, 5.74) is 3.34. The van der Waals surface area contributed by atoms with Gasteiger partial charge >= 0.3 is 0 Å². The lowest BCUT2D eigenvalue weighted by Crippen LogP contribution is -2.30. The quantitative estimate of drug-likeness (QED) is 0.616. The third-order valence-electron chi connectivity index (χ3n) is 4.78. The van der Waals surface area contributed by atoms with E-state index >= 15 is 0 Å². The molecule has 1 aliphatic rings. The molecule has 1 saturated carbocycles. The van der Waals surface area contributed by atoms with E-state index < -0.39 is 0 Å². The van der Waals surface area contributed by atoms with E-state index in [-0.39, 0.29) is 18.4 Å². The second-order valence-electron chi connectivity index (χ2n) is 7.38. The second-order valence-corrected chi connectivity index (χ2v) is 7.38. The normalized spacial score (nSPS) is 13.3. The van der Waals surface area contributed by atoms with Gasteiger partial charge in [-0.2, -0.15) is 0 Å². The summed E-state index contributed by atoms with van der Waals surface area (Å²) in [6.45, 7) is 2.54. The van der Waals surface area contributed by atoms with Crippen molar-refractivity contribution in [2.75, 3.05) is 13.2 Å². The molecule has 0 unspecified atom stereocenters. The Bertz CT molecular complexity index is 1020. The molecule has 0 bridgehead atoms. The number of nitrogens with zero attached hydrogens (tertiary/aromatic N) is 2. The number of carbonyl (C=O) groups excluding carboxylic acids is 2. The van der Waals surface area contributed by atoms with Crippen molar-refractivity contribution in [2.24, 2.45) is 0 Å². The number of carbonyl (C=O) groups is 2. The number of imidazole rings is 1. The van der Waals surface area contributed by atoms with Gasteiger partial charge in [-0.1, -0.05) is 12.1 Å². The van der Waals surface area contributed by atoms with Crippen molar-refractivity contribution < 1.29 is 14.3 Å². The number of hydrogen-bond donors (Lipinski definition) is 2. The first-order valence-corrected chi connectivity index (χ1v) is 9.81. The molecule has 3 aromatic rings. The molecule has 0 spiro atoms. The van der Waals surface area contributed by atoms with Crippen LogP contribution in [0.25, 0.3) is 5.65 Å². The zero-order chi connectivity index (χ0) is 20.2. The average molecular weight is 392 g/mol. The molecular weight excluding hydrogens is 368 g/mol. The fourth-order valence-corrected chi connectivity index (χ4v) is 3.00. The lowest BCUT2D eigenvalue weighted by Gasteiger charge is -2.08. The highest BCUT2D eigenvalue weighted by Gasteiger charge is 2.23. The smallest absolute Gasteiger partial charge is 0.271 e. The van der Waals surface area contributed by atoms with Crippen LogP contribution in [0.1, 0.15) is 34.5 Å². The third kappa shape index (κ3) is 5.13. The van der Waals surface area contributed by atoms with Gasteiger partial charge in [-0.15, -0.1) is 0 Å². The highest BCUT2D eigenvalue weighted by Crippen LogP contribution is 2.18. The summed E-state index contributed by atoms with van der Waals surface area (Å²) in [7, 11) is 0. The van der Waals surface area contributed by atoms with Crippen LogP contribution in [0, 0.1) is 6.92 Å². The molecule has 2 aromatic heterocycles. The number of aromatic nitrogens is 2. The monoisotopic (exact) mass is 392 g/mol. The van der Waals surface area contributed by atoms with Gasteiger partial charge in [0.2, 0.25) is 0 Å². The first-order valence-electron chi connectivity index (χ1n) is 9.81. The fourth-order valence-electron chi connectivity index (χ4n) is 3.00. The maximum Gasteiger partial charge on any atom is 0.271 e. The number of hydrogen-bond acceptors (Lipinski definition) is 4. The molecule has 1 fully saturated rings. The molecule has 0 saturated heterocycles. The molecule has 7 heteroatoms. The highest BCUT2D eigenvalue weighted by atomic mass is 16.5. The van der Waals surface area contributed by atoms with Gasteiger partial charge in [-0.05, 0) is 61.6 Å². The van der Waals surface area contributed by atoms with Crippen LogP contribution in [0.5, 0.6) is 5.75 Å². The molecule has 150 valence electrons. The van der Waals surface area contributed by atoms with Crippen molar-refractivity contribution in [3.63, 3.8) is 0 Å². The van der Waals surface area contributed by atoms with Gasteiger partial charge in [0.05, 0.1) is 0 Å². The van der Waals surface area contributed by atoms with Crippen molar-refractivity contribution in [3.8, 4) is 5.75 Å². The summed E-state index contributed by atoms with van der Waals surface area (Å²) in [5, 5.41) is 5.79. The predicted octanol–water partition coefficient (Wildman–Crippen LogP) is 2.27. The number of nitrogens with one attached hydrogen (secondary N) is 2. The Morgan fingerprint density at radius 1 is 1.21 bits per heavy atom. The first kappa shape index (κ1) is 19.0. The summed E-state index contributed by atoms with van der Waals surface area (Å²) in [5.74, 6) is 0.387. The SMILES string of the molecule is Cc1ccn2cc(C(=O)NCCc3ccc(OCC(=O)NC4CC4)cc3)nc2c1. The van der Waals surface area contributed by atoms with E-state index in [1.165, 1.54) is 0 Å². The van der Waals surface area contributed by atoms with Gasteiger partial charge in [-0.25, -0.2) is 4.98 Å². The zero-order valence-electron chi connectivity index (χ0n) is 16.4. The maximum absolute atomic E-state index is 12.3. The average Bonchev–Trinajstić information content (AvgIpc) is 3.42. The van der Waals surface area contributed by atoms with Crippen molar-refractivity contribution >= 4 is 17.5 Å². The van der Waals surface area contributed by atoms with Crippen LogP contribution in [0.4, 0.5) is 0 Å². The molecule has 0 radical (unpaired) electrons. The van der Waals surface area contributed by atoms with E-state index in [4.69, 9.17) is 4.74 Å². The molecule has 0 aliphatic heterocycles. The number of fused-ring (bicyclic) bond motifs is 1. The Morgan fingerprint density at radius 2 is 2.00 bits per heavy atom. The maximum atomic E-state index is 12.3. The van der Waals surface area contributed by atoms with Gasteiger partial charge in [-0.3, -0.25) is 9.59 Å². The molecule has 2 heterocycles. The summed E-state index contributed by atoms with van der Waals surface area (Å²) in [6, 6.07) is 11.8. The number of amides is 2. The molecule has 4 rings (SSSR count). The number of benzene rings is 1. The molecule has 0 atom stereocenters. The Hall–Kier alpha value is -3.35. The summed E-state index contributed by atoms with van der Waals surface area (Å²) in [4.78, 5) is 28.3. The zero-order valence-corrected chi connectivity index (χ0v) is 16.4. The van der Waals surface area contributed by atoms with Gasteiger partial charge in [0, 0.05) is 25.0 Å². The Labute approximate surface area is 169 Å². The van der Waals surface area contributed by atoms with Crippen molar-refractivity contribution in [1.29, 1.82) is 0 Å². The van der Waals surface area contributed by atoms with Gasteiger partial charge < -0.3 is 19.8 Å². The Balaban J connectivity index is 1.23. The van der Waals surface area contributed by atoms with E-state index in [0.717, 1.165) is 29.6 Å². The lowest BCUT2D eigenvalue weighted by atomic mass is 10.1. The first-order chi connectivity index (χ1) is 14.1. The minimum atomic E-state index is -0.187. The van der Waals surface area contributed by atoms with E-state index in [1.54, 1.807) is 6.20 Å². The van der Waals surface area contributed by atoms with Crippen LogP contribution in [0.3, 0.4) is 0 Å². The fraction of sp³-hybridized carbons (Fsp3) is 0.318. The van der Waals surface area contributed by atoms with Crippen LogP contribution in [-0.2, 0) is 11.2 Å². The number of rotatable bonds is 8. The number of aryl methyl sites for hydroxylation is 1. The standard InChI is InChI=1S/C22H24N4O3/c1-15-9-11-26-13-19(25-20(26)12-15)22(28)23-10-8-16-2-6-18(7-3-16)29-14-21(27)24-17-4-5-17/h2-3,6-7,9,11-13,17H,4-5,8,10,14H2,1H3,(H,23,28)(H,24,27). The molecule has 7 nitrogen and oxygen atoms in total. The minimum absolute atomic E-state index is 0.0322. The molecule has 29 heavy (non-hydrogen) atoms. The number of ether oxygens (including phenoxy) is 1. The summed E-state index contributed by atoms with van der Waals surface area (Å²) < 4.78 is 7.34. The third-order valence-corrected chi connectivity index (χ3v) is 4.78. The molecule has 1 aromatic carbocycles. The largest absolute Gasteiger partial charge is 0.484 e. The highest BCUT2D eigenvalue weighted by molar-refractivity contribution is 5.92. The van der Waals surface area contributed by atoms with Crippen molar-refractivity contribution in [3.05, 3.63) is 65.6 Å². The van der Waals surface area contributed by atoms with Crippen LogP contribution in [0.2, 0.25) is 0 Å². The summed E-state index contributed by atoms with van der Waals surface area (Å²) in [6.07, 6.45) is 6.45. The van der Waals surface area contributed by atoms with Gasteiger partial charge in [0.15, 0.2) is 6.61 Å². The van der Waals surface area contributed by atoms with Crippen LogP contribution < -0.4 is 15.4 Å². The van der Waals surface area contributed by atoms with Crippen LogP contribution in [-0.4, -0.2) is 40.4 Å². The van der Waals surface area contributed by atoms with Crippen LogP contribution >= 0.6 is 0 Å². The molecule has 2 amide bonds.